The van der Waals surface area contributed by atoms with E-state index in [1.807, 2.05) is 30.3 Å². The number of rotatable bonds is 3. The first kappa shape index (κ1) is 16.2. The number of hydrogen-bond acceptors (Lipinski definition) is 6. The van der Waals surface area contributed by atoms with Crippen molar-refractivity contribution in [3.63, 3.8) is 0 Å². The monoisotopic (exact) mass is 373 g/mol. The van der Waals surface area contributed by atoms with Gasteiger partial charge < -0.3 is 9.47 Å². The van der Waals surface area contributed by atoms with E-state index >= 15 is 0 Å². The van der Waals surface area contributed by atoms with Gasteiger partial charge in [0.2, 0.25) is 5.43 Å². The van der Waals surface area contributed by atoms with Gasteiger partial charge in [0, 0.05) is 30.7 Å². The summed E-state index contributed by atoms with van der Waals surface area (Å²) in [5.74, 6) is 1.35. The van der Waals surface area contributed by atoms with E-state index in [1.165, 1.54) is 6.07 Å². The minimum atomic E-state index is -0.190. The number of fused-ring (bicyclic) bond motifs is 1. The Labute approximate surface area is 159 Å². The summed E-state index contributed by atoms with van der Waals surface area (Å²) in [6.45, 7) is 1.03. The number of hydrogen-bond donors (Lipinski definition) is 0. The zero-order valence-corrected chi connectivity index (χ0v) is 14.7. The first-order chi connectivity index (χ1) is 13.8. The molecule has 0 bridgehead atoms. The molecule has 5 rings (SSSR count). The largest absolute Gasteiger partial charge is 0.486 e. The Morgan fingerprint density at radius 3 is 2.54 bits per heavy atom. The lowest BCUT2D eigenvalue weighted by Gasteiger charge is -2.19. The van der Waals surface area contributed by atoms with Gasteiger partial charge >= 0.3 is 0 Å². The molecule has 1 aliphatic heterocycles. The quantitative estimate of drug-likeness (QED) is 0.548. The fraction of sp³-hybridized carbons (Fsp3) is 0.100. The summed E-state index contributed by atoms with van der Waals surface area (Å²) < 4.78 is 14.5. The molecule has 8 nitrogen and oxygen atoms in total. The van der Waals surface area contributed by atoms with Gasteiger partial charge in [0.25, 0.3) is 0 Å². The highest BCUT2D eigenvalue weighted by atomic mass is 16.6. The van der Waals surface area contributed by atoms with E-state index in [2.05, 4.69) is 15.2 Å². The lowest BCUT2D eigenvalue weighted by molar-refractivity contribution is 0.171. The third-order valence-corrected chi connectivity index (χ3v) is 4.39. The predicted octanol–water partition coefficient (Wildman–Crippen LogP) is 2.25. The average molecular weight is 373 g/mol. The average Bonchev–Trinajstić information content (AvgIpc) is 3.24. The molecule has 0 saturated carbocycles. The standard InChI is InChI=1S/C20H15N5O3/c26-17-6-10-24(14-3-7-21-8-4-14)23-20(17)16-5-9-22-25(16)15-1-2-18-19(13-15)28-12-11-27-18/h1-10,13H,11-12H2. The third kappa shape index (κ3) is 2.81. The fourth-order valence-corrected chi connectivity index (χ4v) is 3.08. The molecule has 0 unspecified atom stereocenters. The molecule has 1 aromatic carbocycles. The fourth-order valence-electron chi connectivity index (χ4n) is 3.08. The normalized spacial score (nSPS) is 12.7. The van der Waals surface area contributed by atoms with Gasteiger partial charge in [-0.1, -0.05) is 0 Å². The molecule has 28 heavy (non-hydrogen) atoms. The molecular formula is C20H15N5O3. The number of aromatic nitrogens is 5. The minimum absolute atomic E-state index is 0.190. The zero-order valence-electron chi connectivity index (χ0n) is 14.7. The van der Waals surface area contributed by atoms with Crippen molar-refractivity contribution in [3.8, 4) is 34.3 Å². The molecule has 0 aliphatic carbocycles. The van der Waals surface area contributed by atoms with E-state index < -0.39 is 0 Å². The first-order valence-electron chi connectivity index (χ1n) is 8.74. The molecular weight excluding hydrogens is 358 g/mol. The maximum absolute atomic E-state index is 12.5. The van der Waals surface area contributed by atoms with Crippen molar-refractivity contribution in [1.82, 2.24) is 24.5 Å². The van der Waals surface area contributed by atoms with E-state index in [9.17, 15) is 4.79 Å². The van der Waals surface area contributed by atoms with E-state index in [4.69, 9.17) is 9.47 Å². The van der Waals surface area contributed by atoms with Gasteiger partial charge in [0.05, 0.1) is 23.3 Å². The van der Waals surface area contributed by atoms with Crippen LogP contribution in [-0.2, 0) is 0 Å². The van der Waals surface area contributed by atoms with Crippen LogP contribution in [0, 0.1) is 0 Å². The SMILES string of the molecule is O=c1ccn(-c2ccncc2)nc1-c1ccnn1-c1ccc2c(c1)OCCO2. The lowest BCUT2D eigenvalue weighted by atomic mass is 10.2. The van der Waals surface area contributed by atoms with Gasteiger partial charge in [-0.3, -0.25) is 9.78 Å². The van der Waals surface area contributed by atoms with Crippen LogP contribution in [0.1, 0.15) is 0 Å². The summed E-state index contributed by atoms with van der Waals surface area (Å²) in [4.78, 5) is 16.6. The Balaban J connectivity index is 1.61. The van der Waals surface area contributed by atoms with Crippen molar-refractivity contribution in [2.24, 2.45) is 0 Å². The molecule has 0 saturated heterocycles. The Kier molecular flexibility index (Phi) is 3.86. The predicted molar refractivity (Wildman–Crippen MR) is 101 cm³/mol. The topological polar surface area (TPSA) is 84.1 Å². The first-order valence-corrected chi connectivity index (χ1v) is 8.74. The van der Waals surface area contributed by atoms with Gasteiger partial charge in [-0.15, -0.1) is 0 Å². The summed E-state index contributed by atoms with van der Waals surface area (Å²) in [7, 11) is 0. The maximum atomic E-state index is 12.5. The van der Waals surface area contributed by atoms with Crippen LogP contribution >= 0.6 is 0 Å². The van der Waals surface area contributed by atoms with E-state index in [1.54, 1.807) is 40.2 Å². The molecule has 4 heterocycles. The molecule has 0 spiro atoms. The molecule has 4 aromatic rings. The van der Waals surface area contributed by atoms with Crippen LogP contribution in [0.4, 0.5) is 0 Å². The minimum Gasteiger partial charge on any atom is -0.486 e. The molecule has 138 valence electrons. The molecule has 0 radical (unpaired) electrons. The molecule has 0 atom stereocenters. The molecule has 8 heteroatoms. The molecule has 1 aliphatic rings. The van der Waals surface area contributed by atoms with E-state index in [0.29, 0.717) is 36.1 Å². The van der Waals surface area contributed by atoms with E-state index in [-0.39, 0.29) is 5.43 Å². The highest BCUT2D eigenvalue weighted by Gasteiger charge is 2.17. The van der Waals surface area contributed by atoms with Gasteiger partial charge in [-0.25, -0.2) is 9.36 Å². The summed E-state index contributed by atoms with van der Waals surface area (Å²) in [6.07, 6.45) is 6.62. The van der Waals surface area contributed by atoms with Crippen molar-refractivity contribution in [1.29, 1.82) is 0 Å². The van der Waals surface area contributed by atoms with Crippen molar-refractivity contribution in [3.05, 3.63) is 77.5 Å². The lowest BCUT2D eigenvalue weighted by Crippen LogP contribution is -2.16. The second-order valence-electron chi connectivity index (χ2n) is 6.13. The Hall–Kier alpha value is -3.94. The highest BCUT2D eigenvalue weighted by Crippen LogP contribution is 2.32. The summed E-state index contributed by atoms with van der Waals surface area (Å²) in [5.41, 5.74) is 2.26. The van der Waals surface area contributed by atoms with Crippen LogP contribution in [0.3, 0.4) is 0 Å². The van der Waals surface area contributed by atoms with Gasteiger partial charge in [-0.2, -0.15) is 10.2 Å². The molecule has 0 amide bonds. The smallest absolute Gasteiger partial charge is 0.209 e. The van der Waals surface area contributed by atoms with Crippen LogP contribution in [-0.4, -0.2) is 37.8 Å². The van der Waals surface area contributed by atoms with Crippen LogP contribution < -0.4 is 14.9 Å². The Morgan fingerprint density at radius 1 is 0.857 bits per heavy atom. The van der Waals surface area contributed by atoms with Gasteiger partial charge in [0.1, 0.15) is 13.2 Å². The molecule has 3 aromatic heterocycles. The zero-order chi connectivity index (χ0) is 18.9. The summed E-state index contributed by atoms with van der Waals surface area (Å²) in [5, 5.41) is 8.90. The van der Waals surface area contributed by atoms with E-state index in [0.717, 1.165) is 11.4 Å². The summed E-state index contributed by atoms with van der Waals surface area (Å²) in [6, 6.07) is 12.4. The Bertz CT molecular complexity index is 1200. The Morgan fingerprint density at radius 2 is 1.68 bits per heavy atom. The second-order valence-corrected chi connectivity index (χ2v) is 6.13. The molecule has 0 N–H and O–H groups in total. The summed E-state index contributed by atoms with van der Waals surface area (Å²) >= 11 is 0. The number of nitrogens with zero attached hydrogens (tertiary/aromatic N) is 5. The number of ether oxygens (including phenoxy) is 2. The highest BCUT2D eigenvalue weighted by molar-refractivity contribution is 5.59. The van der Waals surface area contributed by atoms with Crippen molar-refractivity contribution >= 4 is 0 Å². The van der Waals surface area contributed by atoms with Crippen LogP contribution in [0.5, 0.6) is 11.5 Å². The van der Waals surface area contributed by atoms with Crippen LogP contribution in [0.15, 0.2) is 72.0 Å². The van der Waals surface area contributed by atoms with Crippen molar-refractivity contribution in [2.75, 3.05) is 13.2 Å². The van der Waals surface area contributed by atoms with Crippen LogP contribution in [0.2, 0.25) is 0 Å². The number of pyridine rings is 1. The van der Waals surface area contributed by atoms with Gasteiger partial charge in [-0.05, 0) is 30.3 Å². The van der Waals surface area contributed by atoms with Crippen molar-refractivity contribution < 1.29 is 9.47 Å². The third-order valence-electron chi connectivity index (χ3n) is 4.39. The van der Waals surface area contributed by atoms with Crippen LogP contribution in [0.25, 0.3) is 22.8 Å². The van der Waals surface area contributed by atoms with Crippen molar-refractivity contribution in [2.45, 2.75) is 0 Å². The van der Waals surface area contributed by atoms with Gasteiger partial charge in [0.15, 0.2) is 17.2 Å². The second kappa shape index (κ2) is 6.66. The molecule has 0 fully saturated rings. The maximum Gasteiger partial charge on any atom is 0.209 e. The number of benzene rings is 1.